The minimum absolute atomic E-state index is 0.197. The summed E-state index contributed by atoms with van der Waals surface area (Å²) in [5.41, 5.74) is 1.75. The lowest BCUT2D eigenvalue weighted by atomic mass is 10.2. The lowest BCUT2D eigenvalue weighted by molar-refractivity contribution is 0.0590. The summed E-state index contributed by atoms with van der Waals surface area (Å²) < 4.78 is 7.14. The Bertz CT molecular complexity index is 753. The van der Waals surface area contributed by atoms with E-state index in [2.05, 4.69) is 25.8 Å². The van der Waals surface area contributed by atoms with Gasteiger partial charge in [-0.25, -0.2) is 9.48 Å². The van der Waals surface area contributed by atoms with E-state index < -0.39 is 5.97 Å². The fourth-order valence-corrected chi connectivity index (χ4v) is 2.17. The number of methoxy groups -OCH3 is 1. The molecule has 0 fully saturated rings. The van der Waals surface area contributed by atoms with Gasteiger partial charge >= 0.3 is 5.97 Å². The van der Waals surface area contributed by atoms with Crippen molar-refractivity contribution < 1.29 is 9.53 Å². The number of rotatable bonds is 3. The van der Waals surface area contributed by atoms with Crippen molar-refractivity contribution in [2.24, 2.45) is 0 Å². The van der Waals surface area contributed by atoms with Crippen LogP contribution >= 0.6 is 15.9 Å². The van der Waals surface area contributed by atoms with E-state index in [1.807, 2.05) is 32.0 Å². The maximum atomic E-state index is 12.1. The Morgan fingerprint density at radius 2 is 2.14 bits per heavy atom. The minimum Gasteiger partial charge on any atom is -0.464 e. The summed E-state index contributed by atoms with van der Waals surface area (Å²) in [7, 11) is 1.23. The Hall–Kier alpha value is -1.95. The van der Waals surface area contributed by atoms with Crippen molar-refractivity contribution in [2.75, 3.05) is 7.11 Å². The van der Waals surface area contributed by atoms with Gasteiger partial charge in [-0.2, -0.15) is 5.10 Å². The van der Waals surface area contributed by atoms with E-state index in [1.54, 1.807) is 6.20 Å². The first-order valence-electron chi connectivity index (χ1n) is 6.45. The smallest absolute Gasteiger partial charge is 0.362 e. The normalized spacial score (nSPS) is 10.5. The predicted octanol–water partition coefficient (Wildman–Crippen LogP) is 2.65. The van der Waals surface area contributed by atoms with Gasteiger partial charge in [0.15, 0.2) is 0 Å². The van der Waals surface area contributed by atoms with Crippen LogP contribution in [0.1, 0.15) is 28.5 Å². The van der Waals surface area contributed by atoms with E-state index in [9.17, 15) is 9.59 Å². The molecule has 1 heterocycles. The third-order valence-electron chi connectivity index (χ3n) is 3.16. The zero-order valence-corrected chi connectivity index (χ0v) is 13.6. The van der Waals surface area contributed by atoms with Gasteiger partial charge in [0.05, 0.1) is 12.8 Å². The molecule has 0 aliphatic rings. The Morgan fingerprint density at radius 1 is 1.43 bits per heavy atom. The fraction of sp³-hybridized carbons (Fsp3) is 0.267. The largest absolute Gasteiger partial charge is 0.464 e. The van der Waals surface area contributed by atoms with Crippen molar-refractivity contribution in [3.8, 4) is 5.69 Å². The summed E-state index contributed by atoms with van der Waals surface area (Å²) >= 11 is 3.44. The summed E-state index contributed by atoms with van der Waals surface area (Å²) in [6.45, 7) is 3.81. The Labute approximate surface area is 130 Å². The molecule has 110 valence electrons. The second-order valence-corrected chi connectivity index (χ2v) is 5.41. The van der Waals surface area contributed by atoms with Crippen molar-refractivity contribution >= 4 is 21.9 Å². The highest BCUT2D eigenvalue weighted by molar-refractivity contribution is 9.10. The third kappa shape index (κ3) is 3.05. The van der Waals surface area contributed by atoms with Crippen molar-refractivity contribution in [1.29, 1.82) is 0 Å². The van der Waals surface area contributed by atoms with Crippen molar-refractivity contribution in [1.82, 2.24) is 9.78 Å². The predicted molar refractivity (Wildman–Crippen MR) is 83.0 cm³/mol. The maximum absolute atomic E-state index is 12.1. The Balaban J connectivity index is 2.66. The van der Waals surface area contributed by atoms with Crippen LogP contribution in [0.4, 0.5) is 0 Å². The molecule has 1 aromatic heterocycles. The number of aromatic nitrogens is 2. The van der Waals surface area contributed by atoms with Gasteiger partial charge in [-0.05, 0) is 37.1 Å². The van der Waals surface area contributed by atoms with Crippen molar-refractivity contribution in [2.45, 2.75) is 20.3 Å². The number of hydrogen-bond acceptors (Lipinski definition) is 4. The molecule has 0 spiro atoms. The second kappa shape index (κ2) is 6.22. The van der Waals surface area contributed by atoms with Crippen LogP contribution in [0, 0.1) is 6.92 Å². The number of carbonyl (C=O) groups excluding carboxylic acids is 1. The molecule has 0 N–H and O–H groups in total. The van der Waals surface area contributed by atoms with Gasteiger partial charge in [0.25, 0.3) is 0 Å². The molecular formula is C15H15BrN2O3. The average Bonchev–Trinajstić information content (AvgIpc) is 2.49. The quantitative estimate of drug-likeness (QED) is 0.798. The van der Waals surface area contributed by atoms with Gasteiger partial charge in [0.1, 0.15) is 0 Å². The van der Waals surface area contributed by atoms with Crippen LogP contribution in [0.25, 0.3) is 5.69 Å². The first-order chi connectivity index (χ1) is 9.97. The SMILES string of the molecule is CCc1cn(-c2ccc(Br)c(C)c2)nc(C(=O)OC)c1=O. The van der Waals surface area contributed by atoms with E-state index in [-0.39, 0.29) is 11.1 Å². The van der Waals surface area contributed by atoms with Gasteiger partial charge in [0.2, 0.25) is 11.1 Å². The highest BCUT2D eigenvalue weighted by atomic mass is 79.9. The molecule has 1 aromatic carbocycles. The van der Waals surface area contributed by atoms with Crippen LogP contribution in [-0.4, -0.2) is 22.9 Å². The molecular weight excluding hydrogens is 336 g/mol. The monoisotopic (exact) mass is 350 g/mol. The average molecular weight is 351 g/mol. The van der Waals surface area contributed by atoms with Crippen LogP contribution in [0.15, 0.2) is 33.7 Å². The molecule has 2 aromatic rings. The lowest BCUT2D eigenvalue weighted by Gasteiger charge is -2.10. The van der Waals surface area contributed by atoms with Gasteiger partial charge in [-0.1, -0.05) is 22.9 Å². The molecule has 0 atom stereocenters. The molecule has 21 heavy (non-hydrogen) atoms. The number of halogens is 1. The molecule has 0 saturated heterocycles. The number of benzene rings is 1. The van der Waals surface area contributed by atoms with Crippen molar-refractivity contribution in [3.05, 3.63) is 55.9 Å². The van der Waals surface area contributed by atoms with Gasteiger partial charge in [-0.3, -0.25) is 4.79 Å². The van der Waals surface area contributed by atoms with E-state index in [4.69, 9.17) is 0 Å². The number of ether oxygens (including phenoxy) is 1. The second-order valence-electron chi connectivity index (χ2n) is 4.56. The number of aryl methyl sites for hydroxylation is 2. The Kier molecular flexibility index (Phi) is 4.57. The summed E-state index contributed by atoms with van der Waals surface area (Å²) in [6.07, 6.45) is 2.16. The first kappa shape index (κ1) is 15.4. The summed E-state index contributed by atoms with van der Waals surface area (Å²) in [6, 6.07) is 5.67. The molecule has 0 bridgehead atoms. The number of hydrogen-bond donors (Lipinski definition) is 0. The van der Waals surface area contributed by atoms with Gasteiger partial charge in [-0.15, -0.1) is 0 Å². The Morgan fingerprint density at radius 3 is 2.71 bits per heavy atom. The molecule has 2 rings (SSSR count). The van der Waals surface area contributed by atoms with Crippen LogP contribution in [-0.2, 0) is 11.2 Å². The van der Waals surface area contributed by atoms with Gasteiger partial charge in [0, 0.05) is 16.2 Å². The topological polar surface area (TPSA) is 61.2 Å². The zero-order chi connectivity index (χ0) is 15.6. The van der Waals surface area contributed by atoms with Gasteiger partial charge < -0.3 is 4.74 Å². The number of esters is 1. The van der Waals surface area contributed by atoms with Crippen LogP contribution in [0.3, 0.4) is 0 Å². The van der Waals surface area contributed by atoms with Crippen LogP contribution in [0.5, 0.6) is 0 Å². The number of carbonyl (C=O) groups is 1. The van der Waals surface area contributed by atoms with E-state index >= 15 is 0 Å². The molecule has 0 saturated carbocycles. The molecule has 0 aliphatic carbocycles. The molecule has 0 unspecified atom stereocenters. The molecule has 0 amide bonds. The van der Waals surface area contributed by atoms with Crippen molar-refractivity contribution in [3.63, 3.8) is 0 Å². The summed E-state index contributed by atoms with van der Waals surface area (Å²) in [5.74, 6) is -0.724. The summed E-state index contributed by atoms with van der Waals surface area (Å²) in [4.78, 5) is 23.8. The molecule has 6 heteroatoms. The number of nitrogens with zero attached hydrogens (tertiary/aromatic N) is 2. The highest BCUT2D eigenvalue weighted by Gasteiger charge is 2.17. The first-order valence-corrected chi connectivity index (χ1v) is 7.25. The van der Waals surface area contributed by atoms with Crippen LogP contribution < -0.4 is 5.43 Å². The zero-order valence-electron chi connectivity index (χ0n) is 12.0. The standard InChI is InChI=1S/C15H15BrN2O3/c1-4-10-8-18(11-5-6-12(16)9(2)7-11)17-13(14(10)19)15(20)21-3/h5-8H,4H2,1-3H3. The fourth-order valence-electron chi connectivity index (χ4n) is 1.93. The summed E-state index contributed by atoms with van der Waals surface area (Å²) in [5, 5.41) is 4.11. The van der Waals surface area contributed by atoms with Crippen LogP contribution in [0.2, 0.25) is 0 Å². The molecule has 0 radical (unpaired) electrons. The highest BCUT2D eigenvalue weighted by Crippen LogP contribution is 2.19. The molecule has 0 aliphatic heterocycles. The maximum Gasteiger partial charge on any atom is 0.362 e. The van der Waals surface area contributed by atoms with E-state index in [1.165, 1.54) is 11.8 Å². The third-order valence-corrected chi connectivity index (χ3v) is 4.05. The molecule has 5 nitrogen and oxygen atoms in total. The lowest BCUT2D eigenvalue weighted by Crippen LogP contribution is -2.25. The van der Waals surface area contributed by atoms with E-state index in [0.29, 0.717) is 12.0 Å². The minimum atomic E-state index is -0.724. The van der Waals surface area contributed by atoms with E-state index in [0.717, 1.165) is 15.7 Å².